The molecular weight excluding hydrogens is 550 g/mol. The highest BCUT2D eigenvalue weighted by atomic mass is 16.8. The number of carbonyl (C=O) groups excluding carboxylic acids is 3. The zero-order chi connectivity index (χ0) is 32.1. The summed E-state index contributed by atoms with van der Waals surface area (Å²) < 4.78 is 31.7. The minimum atomic E-state index is -1.15. The Bertz CT molecular complexity index is 1050. The van der Waals surface area contributed by atoms with Crippen molar-refractivity contribution in [2.24, 2.45) is 0 Å². The second-order valence-corrected chi connectivity index (χ2v) is 11.3. The van der Waals surface area contributed by atoms with Crippen molar-refractivity contribution in [2.75, 3.05) is 6.54 Å². The zero-order valence-electron chi connectivity index (χ0n) is 26.2. The molecule has 0 fully saturated rings. The molecule has 2 N–H and O–H groups in total. The first kappa shape index (κ1) is 36.5. The van der Waals surface area contributed by atoms with Gasteiger partial charge >= 0.3 is 24.4 Å². The van der Waals surface area contributed by atoms with E-state index in [0.717, 1.165) is 6.42 Å². The molecule has 0 radical (unpaired) electrons. The Morgan fingerprint density at radius 2 is 1.33 bits per heavy atom. The monoisotopic (exact) mass is 597 g/mol. The molecule has 0 saturated carbocycles. The first-order valence-electron chi connectivity index (χ1n) is 14.3. The molecule has 12 heteroatoms. The van der Waals surface area contributed by atoms with Crippen molar-refractivity contribution < 1.29 is 52.7 Å². The molecule has 0 saturated heterocycles. The number of nitrogens with one attached hydrogen (secondary N) is 1. The quantitative estimate of drug-likeness (QED) is 0.123. The minimum Gasteiger partial charge on any atom is -0.480 e. The fourth-order valence-corrected chi connectivity index (χ4v) is 3.31. The Hall–Kier alpha value is -3.54. The molecule has 3 atom stereocenters. The van der Waals surface area contributed by atoms with Crippen LogP contribution in [0.2, 0.25) is 0 Å². The van der Waals surface area contributed by atoms with E-state index in [1.165, 1.54) is 18.2 Å². The number of rotatable bonds is 16. The van der Waals surface area contributed by atoms with Crippen LogP contribution in [0.3, 0.4) is 0 Å². The molecule has 1 aromatic carbocycles. The fraction of sp³-hybridized carbons (Fsp3) is 0.667. The first-order chi connectivity index (χ1) is 19.5. The maximum atomic E-state index is 12.5. The molecule has 0 amide bonds. The SMILES string of the molecule is CCCC(C)OC(=O)OC(C)CN[C@@H](Cc1ccc(OC(=O)OC(C)(C)CC)c(OC(=O)OC(C)(C)CC)c1)C(=O)O. The summed E-state index contributed by atoms with van der Waals surface area (Å²) >= 11 is 0. The van der Waals surface area contributed by atoms with Crippen molar-refractivity contribution >= 4 is 24.4 Å². The molecule has 2 unspecified atom stereocenters. The van der Waals surface area contributed by atoms with Gasteiger partial charge in [0.15, 0.2) is 11.5 Å². The zero-order valence-corrected chi connectivity index (χ0v) is 26.2. The maximum Gasteiger partial charge on any atom is 0.514 e. The van der Waals surface area contributed by atoms with Crippen LogP contribution < -0.4 is 14.8 Å². The topological polar surface area (TPSA) is 156 Å². The van der Waals surface area contributed by atoms with E-state index in [1.54, 1.807) is 41.5 Å². The molecule has 0 bridgehead atoms. The number of ether oxygens (including phenoxy) is 6. The molecule has 238 valence electrons. The number of aliphatic carboxylic acids is 1. The minimum absolute atomic E-state index is 0.0380. The van der Waals surface area contributed by atoms with Gasteiger partial charge in [-0.25, -0.2) is 14.4 Å². The molecule has 0 aliphatic rings. The summed E-state index contributed by atoms with van der Waals surface area (Å²) in [5, 5.41) is 12.7. The molecule has 1 aromatic rings. The third-order valence-electron chi connectivity index (χ3n) is 6.50. The molecule has 42 heavy (non-hydrogen) atoms. The summed E-state index contributed by atoms with van der Waals surface area (Å²) in [6.45, 7) is 15.9. The molecule has 12 nitrogen and oxygen atoms in total. The Kier molecular flexibility index (Phi) is 14.6. The Balaban J connectivity index is 3.06. The number of carboxylic acids is 1. The Labute approximate surface area is 248 Å². The predicted molar refractivity (Wildman–Crippen MR) is 154 cm³/mol. The second-order valence-electron chi connectivity index (χ2n) is 11.3. The average molecular weight is 598 g/mol. The van der Waals surface area contributed by atoms with E-state index in [0.29, 0.717) is 24.8 Å². The number of carbonyl (C=O) groups is 4. The van der Waals surface area contributed by atoms with E-state index in [4.69, 9.17) is 28.4 Å². The highest BCUT2D eigenvalue weighted by Crippen LogP contribution is 2.31. The van der Waals surface area contributed by atoms with Gasteiger partial charge < -0.3 is 38.8 Å². The largest absolute Gasteiger partial charge is 0.514 e. The van der Waals surface area contributed by atoms with Gasteiger partial charge in [0.1, 0.15) is 29.5 Å². The fourth-order valence-electron chi connectivity index (χ4n) is 3.31. The van der Waals surface area contributed by atoms with Gasteiger partial charge in [0, 0.05) is 6.54 Å². The standard InChI is InChI=1S/C30H47NO11/c1-10-13-19(4)37-26(34)38-20(5)18-31-22(25(32)33)16-21-14-15-23(39-27(35)41-29(6,7)11-2)24(17-21)40-28(36)42-30(8,9)12-3/h14-15,17,19-20,22,31H,10-13,16,18H2,1-9H3,(H,32,33)/t19?,20?,22-/m0/s1. The summed E-state index contributed by atoms with van der Waals surface area (Å²) in [5.74, 6) is -1.42. The van der Waals surface area contributed by atoms with Crippen LogP contribution >= 0.6 is 0 Å². The van der Waals surface area contributed by atoms with E-state index < -0.39 is 47.8 Å². The first-order valence-corrected chi connectivity index (χ1v) is 14.3. The van der Waals surface area contributed by atoms with E-state index >= 15 is 0 Å². The van der Waals surface area contributed by atoms with Crippen LogP contribution in [0, 0.1) is 0 Å². The van der Waals surface area contributed by atoms with Gasteiger partial charge in [-0.3, -0.25) is 4.79 Å². The lowest BCUT2D eigenvalue weighted by Gasteiger charge is -2.24. The van der Waals surface area contributed by atoms with Gasteiger partial charge in [-0.05, 0) is 84.9 Å². The van der Waals surface area contributed by atoms with Crippen LogP contribution in [0.5, 0.6) is 11.5 Å². The van der Waals surface area contributed by atoms with Gasteiger partial charge in [-0.1, -0.05) is 33.3 Å². The van der Waals surface area contributed by atoms with Crippen molar-refractivity contribution in [2.45, 2.75) is 124 Å². The van der Waals surface area contributed by atoms with E-state index in [9.17, 15) is 24.3 Å². The smallest absolute Gasteiger partial charge is 0.480 e. The number of carboxylic acid groups (broad SMARTS) is 1. The van der Waals surface area contributed by atoms with Gasteiger partial charge in [-0.2, -0.15) is 0 Å². The lowest BCUT2D eigenvalue weighted by Crippen LogP contribution is -2.42. The molecular formula is C30H47NO11. The number of hydrogen-bond acceptors (Lipinski definition) is 11. The van der Waals surface area contributed by atoms with E-state index in [2.05, 4.69) is 5.32 Å². The van der Waals surface area contributed by atoms with Crippen molar-refractivity contribution in [1.82, 2.24) is 5.32 Å². The third kappa shape index (κ3) is 13.9. The van der Waals surface area contributed by atoms with E-state index in [1.807, 2.05) is 20.8 Å². The van der Waals surface area contributed by atoms with Crippen molar-refractivity contribution in [3.05, 3.63) is 23.8 Å². The van der Waals surface area contributed by atoms with Gasteiger partial charge in [-0.15, -0.1) is 0 Å². The average Bonchev–Trinajstić information content (AvgIpc) is 2.87. The number of hydrogen-bond donors (Lipinski definition) is 2. The maximum absolute atomic E-state index is 12.5. The van der Waals surface area contributed by atoms with Gasteiger partial charge in [0.25, 0.3) is 0 Å². The second kappa shape index (κ2) is 16.8. The highest BCUT2D eigenvalue weighted by molar-refractivity contribution is 5.74. The highest BCUT2D eigenvalue weighted by Gasteiger charge is 2.27. The summed E-state index contributed by atoms with van der Waals surface area (Å²) in [6, 6.07) is 3.21. The molecule has 0 heterocycles. The van der Waals surface area contributed by atoms with Crippen LogP contribution in [-0.2, 0) is 30.2 Å². The lowest BCUT2D eigenvalue weighted by atomic mass is 10.0. The van der Waals surface area contributed by atoms with Gasteiger partial charge in [0.05, 0.1) is 0 Å². The summed E-state index contributed by atoms with van der Waals surface area (Å²) in [6.07, 6.45) is -1.24. The van der Waals surface area contributed by atoms with Crippen molar-refractivity contribution in [1.29, 1.82) is 0 Å². The van der Waals surface area contributed by atoms with Crippen molar-refractivity contribution in [3.8, 4) is 11.5 Å². The Morgan fingerprint density at radius 3 is 1.83 bits per heavy atom. The predicted octanol–water partition coefficient (Wildman–Crippen LogP) is 6.41. The summed E-state index contributed by atoms with van der Waals surface area (Å²) in [7, 11) is 0. The van der Waals surface area contributed by atoms with Crippen LogP contribution in [0.1, 0.15) is 93.6 Å². The lowest BCUT2D eigenvalue weighted by molar-refractivity contribution is -0.139. The Morgan fingerprint density at radius 1 is 0.810 bits per heavy atom. The van der Waals surface area contributed by atoms with Crippen LogP contribution in [0.25, 0.3) is 0 Å². The van der Waals surface area contributed by atoms with Crippen LogP contribution in [0.4, 0.5) is 14.4 Å². The van der Waals surface area contributed by atoms with E-state index in [-0.39, 0.29) is 30.6 Å². The number of benzene rings is 1. The summed E-state index contributed by atoms with van der Waals surface area (Å²) in [5.41, 5.74) is -1.14. The molecule has 0 aliphatic carbocycles. The summed E-state index contributed by atoms with van der Waals surface area (Å²) in [4.78, 5) is 48.9. The molecule has 0 aromatic heterocycles. The van der Waals surface area contributed by atoms with Gasteiger partial charge in [0.2, 0.25) is 0 Å². The van der Waals surface area contributed by atoms with Crippen molar-refractivity contribution in [3.63, 3.8) is 0 Å². The van der Waals surface area contributed by atoms with Crippen LogP contribution in [0.15, 0.2) is 18.2 Å². The normalized spacial score (nSPS) is 13.7. The molecule has 0 spiro atoms. The van der Waals surface area contributed by atoms with Crippen LogP contribution in [-0.4, -0.2) is 65.5 Å². The molecule has 0 aliphatic heterocycles. The molecule has 1 rings (SSSR count). The third-order valence-corrected chi connectivity index (χ3v) is 6.50.